The van der Waals surface area contributed by atoms with Crippen LogP contribution in [0.3, 0.4) is 0 Å². The second kappa shape index (κ2) is 4.67. The van der Waals surface area contributed by atoms with Gasteiger partial charge in [0.15, 0.2) is 5.78 Å². The van der Waals surface area contributed by atoms with Crippen LogP contribution in [0.15, 0.2) is 11.6 Å². The van der Waals surface area contributed by atoms with Crippen molar-refractivity contribution in [1.82, 2.24) is 0 Å². The zero-order valence-electron chi connectivity index (χ0n) is 13.7. The Hall–Kier alpha value is -0.670. The van der Waals surface area contributed by atoms with Gasteiger partial charge in [0.1, 0.15) is 0 Å². The molecule has 3 fully saturated rings. The Morgan fingerprint density at radius 2 is 1.86 bits per heavy atom. The molecule has 4 aliphatic rings. The number of aliphatic hydroxyl groups is 2. The fraction of sp³-hybridized carbons (Fsp3) is 0.842. The molecule has 0 saturated heterocycles. The number of ketones is 1. The molecule has 3 nitrogen and oxygen atoms in total. The molecule has 3 saturated carbocycles. The second-order valence-corrected chi connectivity index (χ2v) is 8.76. The summed E-state index contributed by atoms with van der Waals surface area (Å²) in [6.07, 6.45) is 7.56. The van der Waals surface area contributed by atoms with Gasteiger partial charge in [-0.3, -0.25) is 4.79 Å². The molecule has 1 unspecified atom stereocenters. The van der Waals surface area contributed by atoms with Crippen LogP contribution in [0.5, 0.6) is 0 Å². The first kappa shape index (κ1) is 14.9. The van der Waals surface area contributed by atoms with Gasteiger partial charge in [-0.15, -0.1) is 0 Å². The Balaban J connectivity index is 1.69. The molecule has 0 radical (unpaired) electrons. The predicted octanol–water partition coefficient (Wildman–Crippen LogP) is 2.85. The van der Waals surface area contributed by atoms with Crippen LogP contribution in [0.2, 0.25) is 0 Å². The molecule has 0 aromatic rings. The van der Waals surface area contributed by atoms with E-state index in [4.69, 9.17) is 0 Å². The summed E-state index contributed by atoms with van der Waals surface area (Å²) < 4.78 is 0. The highest BCUT2D eigenvalue weighted by Gasteiger charge is 2.60. The minimum Gasteiger partial charge on any atom is -0.390 e. The molecule has 0 amide bonds. The first-order valence-electron chi connectivity index (χ1n) is 8.96. The summed E-state index contributed by atoms with van der Waals surface area (Å²) in [7, 11) is 0. The molecule has 4 aliphatic carbocycles. The molecule has 2 N–H and O–H groups in total. The number of carbonyl (C=O) groups excluding carboxylic acids is 1. The first-order valence-corrected chi connectivity index (χ1v) is 8.96. The Labute approximate surface area is 132 Å². The van der Waals surface area contributed by atoms with Gasteiger partial charge in [-0.25, -0.2) is 0 Å². The van der Waals surface area contributed by atoms with E-state index in [0.29, 0.717) is 30.0 Å². The topological polar surface area (TPSA) is 57.5 Å². The molecule has 0 aromatic heterocycles. The van der Waals surface area contributed by atoms with E-state index < -0.39 is 12.2 Å². The van der Waals surface area contributed by atoms with Crippen molar-refractivity contribution in [2.75, 3.05) is 0 Å². The van der Waals surface area contributed by atoms with Gasteiger partial charge in [-0.1, -0.05) is 19.4 Å². The number of allylic oxidation sites excluding steroid dienone is 1. The molecule has 22 heavy (non-hydrogen) atoms. The highest BCUT2D eigenvalue weighted by atomic mass is 16.3. The third kappa shape index (κ3) is 1.78. The SMILES string of the molecule is C[C@]12CC[C@H]3[C@@H](CCC4=CC(=O)CC[C@@]43C)[C@@H]1CC(O)[C@@H]2O. The lowest BCUT2D eigenvalue weighted by molar-refractivity contribution is -0.118. The van der Waals surface area contributed by atoms with Crippen molar-refractivity contribution in [1.29, 1.82) is 0 Å². The summed E-state index contributed by atoms with van der Waals surface area (Å²) in [5.74, 6) is 1.96. The molecule has 0 aromatic carbocycles. The van der Waals surface area contributed by atoms with E-state index in [0.717, 1.165) is 38.5 Å². The van der Waals surface area contributed by atoms with Crippen LogP contribution in [0.1, 0.15) is 58.8 Å². The van der Waals surface area contributed by atoms with Gasteiger partial charge in [0, 0.05) is 6.42 Å². The minimum absolute atomic E-state index is 0.108. The van der Waals surface area contributed by atoms with Crippen LogP contribution in [-0.4, -0.2) is 28.2 Å². The summed E-state index contributed by atoms with van der Waals surface area (Å²) in [5.41, 5.74) is 1.45. The highest BCUT2D eigenvalue weighted by Crippen LogP contribution is 2.65. The largest absolute Gasteiger partial charge is 0.390 e. The van der Waals surface area contributed by atoms with E-state index >= 15 is 0 Å². The maximum atomic E-state index is 11.8. The van der Waals surface area contributed by atoms with E-state index in [1.807, 2.05) is 6.08 Å². The Morgan fingerprint density at radius 3 is 2.64 bits per heavy atom. The molecule has 4 rings (SSSR count). The quantitative estimate of drug-likeness (QED) is 0.723. The molecule has 0 spiro atoms. The van der Waals surface area contributed by atoms with E-state index in [1.54, 1.807) is 0 Å². The Bertz CT molecular complexity index is 539. The Morgan fingerprint density at radius 1 is 1.09 bits per heavy atom. The molecule has 0 aliphatic heterocycles. The lowest BCUT2D eigenvalue weighted by Crippen LogP contribution is -2.51. The van der Waals surface area contributed by atoms with Gasteiger partial charge in [-0.05, 0) is 73.2 Å². The smallest absolute Gasteiger partial charge is 0.155 e. The van der Waals surface area contributed by atoms with Crippen molar-refractivity contribution in [2.24, 2.45) is 28.6 Å². The van der Waals surface area contributed by atoms with Gasteiger partial charge >= 0.3 is 0 Å². The summed E-state index contributed by atoms with van der Waals surface area (Å²) in [4.78, 5) is 11.8. The zero-order valence-corrected chi connectivity index (χ0v) is 13.7. The zero-order chi connectivity index (χ0) is 15.7. The van der Waals surface area contributed by atoms with Crippen LogP contribution < -0.4 is 0 Å². The fourth-order valence-corrected chi connectivity index (χ4v) is 6.55. The van der Waals surface area contributed by atoms with Gasteiger partial charge < -0.3 is 10.2 Å². The lowest BCUT2D eigenvalue weighted by atomic mass is 9.47. The number of hydrogen-bond acceptors (Lipinski definition) is 3. The summed E-state index contributed by atoms with van der Waals surface area (Å²) in [6, 6.07) is 0. The van der Waals surface area contributed by atoms with Gasteiger partial charge in [0.25, 0.3) is 0 Å². The number of carbonyl (C=O) groups is 1. The van der Waals surface area contributed by atoms with Gasteiger partial charge in [0.05, 0.1) is 12.2 Å². The summed E-state index contributed by atoms with van der Waals surface area (Å²) >= 11 is 0. The summed E-state index contributed by atoms with van der Waals surface area (Å²) in [6.45, 7) is 4.55. The van der Waals surface area contributed by atoms with Crippen LogP contribution in [-0.2, 0) is 4.79 Å². The second-order valence-electron chi connectivity index (χ2n) is 8.76. The van der Waals surface area contributed by atoms with E-state index in [9.17, 15) is 15.0 Å². The average molecular weight is 304 g/mol. The standard InChI is InChI=1S/C19H28O3/c1-18-7-5-12(20)9-11(18)3-4-13-14(18)6-8-19(2)15(13)10-16(21)17(19)22/h9,13-17,21-22H,3-8,10H2,1-2H3/t13-,14+,15+,16?,17+,18+,19+/m1/s1. The third-order valence-electron chi connectivity index (χ3n) is 7.94. The predicted molar refractivity (Wildman–Crippen MR) is 84.1 cm³/mol. The average Bonchev–Trinajstić information content (AvgIpc) is 2.72. The van der Waals surface area contributed by atoms with Crippen LogP contribution in [0.4, 0.5) is 0 Å². The van der Waals surface area contributed by atoms with E-state index in [2.05, 4.69) is 13.8 Å². The summed E-state index contributed by atoms with van der Waals surface area (Å²) in [5, 5.41) is 20.7. The lowest BCUT2D eigenvalue weighted by Gasteiger charge is -2.57. The molecular weight excluding hydrogens is 276 g/mol. The van der Waals surface area contributed by atoms with Crippen LogP contribution in [0.25, 0.3) is 0 Å². The van der Waals surface area contributed by atoms with Crippen molar-refractivity contribution >= 4 is 5.78 Å². The maximum absolute atomic E-state index is 11.8. The normalized spacial score (nSPS) is 54.3. The van der Waals surface area contributed by atoms with Crippen molar-refractivity contribution < 1.29 is 15.0 Å². The minimum atomic E-state index is -0.559. The van der Waals surface area contributed by atoms with Crippen molar-refractivity contribution in [3.8, 4) is 0 Å². The first-order chi connectivity index (χ1) is 10.4. The number of rotatable bonds is 0. The van der Waals surface area contributed by atoms with Gasteiger partial charge in [0.2, 0.25) is 0 Å². The maximum Gasteiger partial charge on any atom is 0.155 e. The van der Waals surface area contributed by atoms with E-state index in [-0.39, 0.29) is 10.8 Å². The van der Waals surface area contributed by atoms with Crippen LogP contribution in [0, 0.1) is 28.6 Å². The van der Waals surface area contributed by atoms with Crippen molar-refractivity contribution in [3.63, 3.8) is 0 Å². The third-order valence-corrected chi connectivity index (χ3v) is 7.94. The van der Waals surface area contributed by atoms with E-state index in [1.165, 1.54) is 5.57 Å². The molecule has 7 atom stereocenters. The molecule has 0 bridgehead atoms. The number of aliphatic hydroxyl groups excluding tert-OH is 2. The highest BCUT2D eigenvalue weighted by molar-refractivity contribution is 5.91. The fourth-order valence-electron chi connectivity index (χ4n) is 6.55. The van der Waals surface area contributed by atoms with Crippen molar-refractivity contribution in [3.05, 3.63) is 11.6 Å². The van der Waals surface area contributed by atoms with Crippen LogP contribution >= 0.6 is 0 Å². The van der Waals surface area contributed by atoms with Gasteiger partial charge in [-0.2, -0.15) is 0 Å². The number of fused-ring (bicyclic) bond motifs is 5. The van der Waals surface area contributed by atoms with Crippen molar-refractivity contribution in [2.45, 2.75) is 71.0 Å². The monoisotopic (exact) mass is 304 g/mol. The molecule has 0 heterocycles. The molecular formula is C19H28O3. The molecule has 122 valence electrons. The Kier molecular flexibility index (Phi) is 3.16. The number of hydrogen-bond donors (Lipinski definition) is 2. The molecule has 3 heteroatoms.